The molecule has 2 atom stereocenters. The Morgan fingerprint density at radius 1 is 1.14 bits per heavy atom. The molecule has 1 fully saturated rings. The predicted molar refractivity (Wildman–Crippen MR) is 170 cm³/mol. The molecule has 4 heterocycles. The molecule has 0 N–H and O–H groups in total. The summed E-state index contributed by atoms with van der Waals surface area (Å²) in [6.07, 6.45) is 4.43. The van der Waals surface area contributed by atoms with Crippen molar-refractivity contribution in [1.82, 2.24) is 24.4 Å². The van der Waals surface area contributed by atoms with Gasteiger partial charge in [0.05, 0.1) is 27.5 Å². The van der Waals surface area contributed by atoms with Gasteiger partial charge < -0.3 is 9.80 Å². The van der Waals surface area contributed by atoms with E-state index < -0.39 is 12.5 Å². The molecular weight excluding hydrogens is 548 g/mol. The Kier molecular flexibility index (Phi) is 6.97. The summed E-state index contributed by atoms with van der Waals surface area (Å²) in [6, 6.07) is 10.1. The molecule has 0 aliphatic carbocycles. The van der Waals surface area contributed by atoms with Gasteiger partial charge in [-0.25, -0.2) is 14.3 Å². The molecule has 9 heteroatoms. The lowest BCUT2D eigenvalue weighted by atomic mass is 10.0. The molecule has 1 amide bonds. The number of hydrogen-bond donors (Lipinski definition) is 0. The number of pyridine rings is 2. The van der Waals surface area contributed by atoms with Crippen LogP contribution < -0.4 is 10.6 Å². The molecule has 3 aromatic heterocycles. The number of carbonyl (C=O) groups excluding carboxylic acids is 1. The molecular formula is C33H35ClN6O2. The van der Waals surface area contributed by atoms with Crippen LogP contribution in [0, 0.1) is 6.85 Å². The zero-order chi connectivity index (χ0) is 32.8. The lowest BCUT2D eigenvalue weighted by Crippen LogP contribution is -2.58. The number of nitrogens with zero attached hydrogens (tertiary/aromatic N) is 6. The summed E-state index contributed by atoms with van der Waals surface area (Å²) in [4.78, 5) is 44.6. The number of halogens is 1. The number of rotatable bonds is 6. The van der Waals surface area contributed by atoms with Crippen LogP contribution in [0.4, 0.5) is 5.82 Å². The minimum Gasteiger partial charge on any atom is -0.347 e. The van der Waals surface area contributed by atoms with Crippen molar-refractivity contribution in [1.29, 1.82) is 0 Å². The van der Waals surface area contributed by atoms with Gasteiger partial charge in [0.25, 0.3) is 0 Å². The van der Waals surface area contributed by atoms with Gasteiger partial charge in [-0.3, -0.25) is 9.78 Å². The predicted octanol–water partition coefficient (Wildman–Crippen LogP) is 6.18. The van der Waals surface area contributed by atoms with E-state index in [1.165, 1.54) is 22.9 Å². The first kappa shape index (κ1) is 25.4. The maximum atomic E-state index is 14.3. The minimum absolute atomic E-state index is 0.0396. The standard InChI is InChI=1S/C33H35ClN6O2/c1-8-23-12-10-11-13-24(23)29-26(34)16-25-31(36-29)40(30-20(5)14-15-35-28(30)19(3)4)33(42)37-32(25)39-21(6)17-38(18-22(39)7)27(41)9-2/h8-16,19,21-22H,1-2,17-18H2,3-7H3/t21-,22-/m0/s1/i5D3. The third-order valence-electron chi connectivity index (χ3n) is 7.61. The molecule has 0 saturated carbocycles. The normalized spacial score (nSPS) is 18.5. The molecule has 0 bridgehead atoms. The Hall–Kier alpha value is -4.30. The van der Waals surface area contributed by atoms with E-state index in [0.29, 0.717) is 46.3 Å². The van der Waals surface area contributed by atoms with E-state index >= 15 is 0 Å². The van der Waals surface area contributed by atoms with E-state index in [1.54, 1.807) is 17.0 Å². The van der Waals surface area contributed by atoms with Gasteiger partial charge in [0, 0.05) is 41.0 Å². The number of amides is 1. The topological polar surface area (TPSA) is 84.2 Å². The van der Waals surface area contributed by atoms with Gasteiger partial charge in [0.1, 0.15) is 5.82 Å². The van der Waals surface area contributed by atoms with Gasteiger partial charge in [-0.15, -0.1) is 0 Å². The van der Waals surface area contributed by atoms with Gasteiger partial charge in [0.15, 0.2) is 5.65 Å². The van der Waals surface area contributed by atoms with Gasteiger partial charge in [-0.05, 0) is 56.0 Å². The fourth-order valence-corrected chi connectivity index (χ4v) is 6.01. The van der Waals surface area contributed by atoms with Crippen molar-refractivity contribution in [2.24, 2.45) is 0 Å². The Bertz CT molecular complexity index is 1880. The first-order valence-electron chi connectivity index (χ1n) is 15.3. The highest BCUT2D eigenvalue weighted by atomic mass is 35.5. The number of carbonyl (C=O) groups is 1. The highest BCUT2D eigenvalue weighted by molar-refractivity contribution is 6.34. The maximum Gasteiger partial charge on any atom is 0.355 e. The van der Waals surface area contributed by atoms with Gasteiger partial charge in [0.2, 0.25) is 5.91 Å². The zero-order valence-corrected chi connectivity index (χ0v) is 24.9. The van der Waals surface area contributed by atoms with Crippen LogP contribution in [0.25, 0.3) is 34.1 Å². The second-order valence-corrected chi connectivity index (χ2v) is 11.2. The quantitative estimate of drug-likeness (QED) is 0.251. The summed E-state index contributed by atoms with van der Waals surface area (Å²) >= 11 is 6.96. The SMILES string of the molecule is [2H]C([2H])([2H])c1ccnc(C(C)C)c1-n1c(=O)nc(N2[C@@H](C)CN(C(=O)C=C)C[C@@H]2C)c2cc(Cl)c(-c3ccccc3C=C)nc21. The van der Waals surface area contributed by atoms with Crippen molar-refractivity contribution in [2.45, 2.75) is 52.5 Å². The van der Waals surface area contributed by atoms with Crippen LogP contribution in [0.2, 0.25) is 5.02 Å². The average molecular weight is 586 g/mol. The molecule has 0 spiro atoms. The number of fused-ring (bicyclic) bond motifs is 1. The van der Waals surface area contributed by atoms with E-state index in [2.05, 4.69) is 23.1 Å². The molecule has 0 radical (unpaired) electrons. The van der Waals surface area contributed by atoms with Crippen molar-refractivity contribution in [3.8, 4) is 16.9 Å². The van der Waals surface area contributed by atoms with Crippen LogP contribution >= 0.6 is 11.6 Å². The van der Waals surface area contributed by atoms with Gasteiger partial charge in [-0.2, -0.15) is 4.98 Å². The van der Waals surface area contributed by atoms with Gasteiger partial charge in [-0.1, -0.05) is 68.9 Å². The number of benzene rings is 1. The first-order chi connectivity index (χ1) is 21.3. The molecule has 42 heavy (non-hydrogen) atoms. The van der Waals surface area contributed by atoms with E-state index in [0.717, 1.165) is 5.56 Å². The highest BCUT2D eigenvalue weighted by Crippen LogP contribution is 2.37. The molecule has 4 aromatic rings. The lowest BCUT2D eigenvalue weighted by Gasteiger charge is -2.45. The van der Waals surface area contributed by atoms with E-state index in [-0.39, 0.29) is 40.8 Å². The van der Waals surface area contributed by atoms with Crippen LogP contribution in [0.15, 0.2) is 66.6 Å². The second-order valence-electron chi connectivity index (χ2n) is 10.8. The summed E-state index contributed by atoms with van der Waals surface area (Å²) in [5, 5.41) is 0.772. The summed E-state index contributed by atoms with van der Waals surface area (Å²) in [6.45, 7) is 13.4. The van der Waals surface area contributed by atoms with Crippen molar-refractivity contribution in [3.05, 3.63) is 94.2 Å². The Morgan fingerprint density at radius 2 is 1.86 bits per heavy atom. The Labute approximate surface area is 255 Å². The molecule has 1 aromatic carbocycles. The average Bonchev–Trinajstić information content (AvgIpc) is 2.99. The van der Waals surface area contributed by atoms with Crippen LogP contribution in [-0.2, 0) is 4.79 Å². The third-order valence-corrected chi connectivity index (χ3v) is 7.90. The molecule has 1 saturated heterocycles. The highest BCUT2D eigenvalue weighted by Gasteiger charge is 2.34. The first-order valence-corrected chi connectivity index (χ1v) is 14.2. The smallest absolute Gasteiger partial charge is 0.347 e. The monoisotopic (exact) mass is 585 g/mol. The number of aryl methyl sites for hydroxylation is 1. The number of hydrogen-bond acceptors (Lipinski definition) is 6. The molecule has 0 unspecified atom stereocenters. The minimum atomic E-state index is -2.56. The molecule has 5 rings (SSSR count). The van der Waals surface area contributed by atoms with Crippen LogP contribution in [-0.4, -0.2) is 55.5 Å². The van der Waals surface area contributed by atoms with Crippen molar-refractivity contribution >= 4 is 40.4 Å². The van der Waals surface area contributed by atoms with E-state index in [1.807, 2.05) is 56.9 Å². The summed E-state index contributed by atoms with van der Waals surface area (Å²) in [5.74, 6) is -0.0557. The van der Waals surface area contributed by atoms with Crippen molar-refractivity contribution in [2.75, 3.05) is 18.0 Å². The molecule has 1 aliphatic heterocycles. The maximum absolute atomic E-state index is 14.3. The van der Waals surface area contributed by atoms with Crippen LogP contribution in [0.3, 0.4) is 0 Å². The zero-order valence-electron chi connectivity index (χ0n) is 27.1. The lowest BCUT2D eigenvalue weighted by molar-refractivity contribution is -0.127. The molecule has 216 valence electrons. The third kappa shape index (κ3) is 5.00. The summed E-state index contributed by atoms with van der Waals surface area (Å²) < 4.78 is 26.3. The van der Waals surface area contributed by atoms with Crippen LogP contribution in [0.1, 0.15) is 54.5 Å². The number of anilines is 1. The Morgan fingerprint density at radius 3 is 2.50 bits per heavy atom. The van der Waals surface area contributed by atoms with Crippen LogP contribution in [0.5, 0.6) is 0 Å². The summed E-state index contributed by atoms with van der Waals surface area (Å²) in [5.41, 5.74) is 1.87. The fraction of sp³-hybridized carbons (Fsp3) is 0.303. The van der Waals surface area contributed by atoms with Crippen molar-refractivity contribution in [3.63, 3.8) is 0 Å². The fourth-order valence-electron chi connectivity index (χ4n) is 5.76. The van der Waals surface area contributed by atoms with E-state index in [9.17, 15) is 9.59 Å². The number of piperazine rings is 1. The number of aromatic nitrogens is 4. The largest absolute Gasteiger partial charge is 0.355 e. The summed E-state index contributed by atoms with van der Waals surface area (Å²) in [7, 11) is 0. The second kappa shape index (κ2) is 11.5. The van der Waals surface area contributed by atoms with Gasteiger partial charge >= 0.3 is 5.69 Å². The molecule has 8 nitrogen and oxygen atoms in total. The Balaban J connectivity index is 1.90. The van der Waals surface area contributed by atoms with E-state index in [4.69, 9.17) is 20.7 Å². The van der Waals surface area contributed by atoms with Crippen molar-refractivity contribution < 1.29 is 8.91 Å². The molecule has 1 aliphatic rings.